The van der Waals surface area contributed by atoms with Gasteiger partial charge in [0.15, 0.2) is 0 Å². The van der Waals surface area contributed by atoms with Gasteiger partial charge in [-0.3, -0.25) is 4.79 Å². The summed E-state index contributed by atoms with van der Waals surface area (Å²) in [4.78, 5) is 11.3. The second-order valence-corrected chi connectivity index (χ2v) is 4.67. The van der Waals surface area contributed by atoms with Crippen LogP contribution in [-0.4, -0.2) is 22.6 Å². The van der Waals surface area contributed by atoms with E-state index in [9.17, 15) is 9.90 Å². The Morgan fingerprint density at radius 3 is 3.12 bits per heavy atom. The summed E-state index contributed by atoms with van der Waals surface area (Å²) in [7, 11) is 1.66. The zero-order valence-corrected chi connectivity index (χ0v) is 10.5. The zero-order chi connectivity index (χ0) is 12.4. The lowest BCUT2D eigenvalue weighted by molar-refractivity contribution is -0.120. The zero-order valence-electron chi connectivity index (χ0n) is 10.5. The van der Waals surface area contributed by atoms with Gasteiger partial charge in [-0.1, -0.05) is 0 Å². The van der Waals surface area contributed by atoms with Gasteiger partial charge in [0.2, 0.25) is 5.91 Å². The molecule has 1 unspecified atom stereocenters. The molecule has 94 valence electrons. The molecule has 0 spiro atoms. The Hall–Kier alpha value is -1.29. The summed E-state index contributed by atoms with van der Waals surface area (Å²) in [5, 5.41) is 12.6. The van der Waals surface area contributed by atoms with Crippen LogP contribution in [0.2, 0.25) is 0 Å². The molecule has 1 atom stereocenters. The maximum absolute atomic E-state index is 11.3. The van der Waals surface area contributed by atoms with Crippen LogP contribution in [0.15, 0.2) is 6.07 Å². The minimum Gasteiger partial charge on any atom is -0.388 e. The Kier molecular flexibility index (Phi) is 3.52. The van der Waals surface area contributed by atoms with Crippen molar-refractivity contribution in [3.8, 4) is 0 Å². The van der Waals surface area contributed by atoms with Crippen LogP contribution in [0.1, 0.15) is 42.3 Å². The molecule has 2 rings (SSSR count). The molecule has 1 aliphatic rings. The number of aliphatic hydroxyl groups excluding tert-OH is 1. The van der Waals surface area contributed by atoms with Crippen LogP contribution >= 0.6 is 0 Å². The minimum absolute atomic E-state index is 0.0585. The number of hydrogen-bond acceptors (Lipinski definition) is 2. The van der Waals surface area contributed by atoms with E-state index in [1.807, 2.05) is 6.92 Å². The van der Waals surface area contributed by atoms with E-state index in [1.165, 1.54) is 5.69 Å². The highest BCUT2D eigenvalue weighted by Gasteiger charge is 2.22. The molecular formula is C13H20N2O2. The minimum atomic E-state index is -0.321. The monoisotopic (exact) mass is 236 g/mol. The maximum Gasteiger partial charge on any atom is 0.221 e. The van der Waals surface area contributed by atoms with E-state index < -0.39 is 0 Å². The second kappa shape index (κ2) is 4.92. The average Bonchev–Trinajstić information content (AvgIpc) is 2.64. The number of rotatable bonds is 3. The summed E-state index contributed by atoms with van der Waals surface area (Å²) in [5.74, 6) is 0.0585. The van der Waals surface area contributed by atoms with Crippen LogP contribution in [0.5, 0.6) is 0 Å². The molecule has 0 aromatic carbocycles. The van der Waals surface area contributed by atoms with Gasteiger partial charge >= 0.3 is 0 Å². The van der Waals surface area contributed by atoms with Gasteiger partial charge in [-0.15, -0.1) is 0 Å². The summed E-state index contributed by atoms with van der Waals surface area (Å²) < 4.78 is 2.17. The number of nitrogens with zero attached hydrogens (tertiary/aromatic N) is 1. The fourth-order valence-corrected chi connectivity index (χ4v) is 2.59. The molecule has 17 heavy (non-hydrogen) atoms. The van der Waals surface area contributed by atoms with Crippen LogP contribution in [0.25, 0.3) is 0 Å². The number of carbonyl (C=O) groups excluding carboxylic acids is 1. The van der Waals surface area contributed by atoms with Crippen molar-refractivity contribution in [3.63, 3.8) is 0 Å². The van der Waals surface area contributed by atoms with Gasteiger partial charge in [0.05, 0.1) is 6.10 Å². The van der Waals surface area contributed by atoms with Crippen molar-refractivity contribution in [3.05, 3.63) is 23.0 Å². The molecule has 4 nitrogen and oxygen atoms in total. The number of amides is 1. The molecule has 0 bridgehead atoms. The first kappa shape index (κ1) is 12.2. The van der Waals surface area contributed by atoms with Crippen molar-refractivity contribution < 1.29 is 9.90 Å². The number of nitrogens with one attached hydrogen (secondary N) is 1. The Morgan fingerprint density at radius 1 is 1.65 bits per heavy atom. The van der Waals surface area contributed by atoms with E-state index >= 15 is 0 Å². The van der Waals surface area contributed by atoms with Crippen LogP contribution in [-0.2, 0) is 17.8 Å². The molecule has 1 aromatic rings. The van der Waals surface area contributed by atoms with Crippen molar-refractivity contribution in [2.45, 2.75) is 45.3 Å². The van der Waals surface area contributed by atoms with Crippen molar-refractivity contribution >= 4 is 5.91 Å². The summed E-state index contributed by atoms with van der Waals surface area (Å²) in [6.07, 6.45) is 3.06. The van der Waals surface area contributed by atoms with Crippen molar-refractivity contribution in [2.75, 3.05) is 7.05 Å². The Balaban J connectivity index is 2.19. The van der Waals surface area contributed by atoms with Gasteiger partial charge in [-0.25, -0.2) is 0 Å². The first-order valence-corrected chi connectivity index (χ1v) is 6.21. The topological polar surface area (TPSA) is 54.3 Å². The van der Waals surface area contributed by atoms with Crippen molar-refractivity contribution in [1.29, 1.82) is 0 Å². The quantitative estimate of drug-likeness (QED) is 0.831. The molecule has 0 fully saturated rings. The molecule has 0 saturated heterocycles. The molecular weight excluding hydrogens is 216 g/mol. The number of aryl methyl sites for hydroxylation is 1. The standard InChI is InChI=1S/C13H20N2O2/c1-9-8-10-11(4-3-5-12(10)16)15(9)7-6-13(17)14-2/h8,12,16H,3-7H2,1-2H3,(H,14,17). The van der Waals surface area contributed by atoms with Gasteiger partial charge in [0.25, 0.3) is 0 Å². The smallest absolute Gasteiger partial charge is 0.221 e. The number of fused-ring (bicyclic) bond motifs is 1. The van der Waals surface area contributed by atoms with Crippen molar-refractivity contribution in [1.82, 2.24) is 9.88 Å². The van der Waals surface area contributed by atoms with Crippen LogP contribution in [0.4, 0.5) is 0 Å². The largest absolute Gasteiger partial charge is 0.388 e. The number of hydrogen-bond donors (Lipinski definition) is 2. The van der Waals surface area contributed by atoms with Crippen LogP contribution in [0.3, 0.4) is 0 Å². The predicted molar refractivity (Wildman–Crippen MR) is 65.8 cm³/mol. The summed E-state index contributed by atoms with van der Waals surface area (Å²) >= 11 is 0. The lowest BCUT2D eigenvalue weighted by Gasteiger charge is -2.20. The highest BCUT2D eigenvalue weighted by molar-refractivity contribution is 5.75. The SMILES string of the molecule is CNC(=O)CCn1c(C)cc2c1CCCC2O. The summed E-state index contributed by atoms with van der Waals surface area (Å²) in [6, 6.07) is 2.06. The van der Waals surface area contributed by atoms with Crippen LogP contribution < -0.4 is 5.32 Å². The van der Waals surface area contributed by atoms with Crippen molar-refractivity contribution in [2.24, 2.45) is 0 Å². The highest BCUT2D eigenvalue weighted by Crippen LogP contribution is 2.32. The maximum atomic E-state index is 11.3. The van der Waals surface area contributed by atoms with E-state index in [0.717, 1.165) is 30.5 Å². The average molecular weight is 236 g/mol. The third-order valence-corrected chi connectivity index (χ3v) is 3.54. The Morgan fingerprint density at radius 2 is 2.41 bits per heavy atom. The summed E-state index contributed by atoms with van der Waals surface area (Å²) in [5.41, 5.74) is 3.41. The number of aliphatic hydroxyl groups is 1. The fraction of sp³-hybridized carbons (Fsp3) is 0.615. The predicted octanol–water partition coefficient (Wildman–Crippen LogP) is 1.30. The first-order chi connectivity index (χ1) is 8.13. The number of carbonyl (C=O) groups is 1. The normalized spacial score (nSPS) is 18.9. The van der Waals surface area contributed by atoms with Gasteiger partial charge in [0, 0.05) is 37.0 Å². The van der Waals surface area contributed by atoms with Gasteiger partial charge in [-0.2, -0.15) is 0 Å². The molecule has 4 heteroatoms. The molecule has 0 saturated carbocycles. The molecule has 1 amide bonds. The molecule has 1 heterocycles. The molecule has 0 radical (unpaired) electrons. The molecule has 1 aliphatic carbocycles. The van der Waals surface area contributed by atoms with E-state index in [2.05, 4.69) is 16.0 Å². The molecule has 1 aromatic heterocycles. The lowest BCUT2D eigenvalue weighted by atomic mass is 9.95. The Labute approximate surface area is 102 Å². The van der Waals surface area contributed by atoms with E-state index in [0.29, 0.717) is 13.0 Å². The van der Waals surface area contributed by atoms with Gasteiger partial charge < -0.3 is 15.0 Å². The fourth-order valence-electron chi connectivity index (χ4n) is 2.59. The third kappa shape index (κ3) is 2.36. The van der Waals surface area contributed by atoms with E-state index in [-0.39, 0.29) is 12.0 Å². The van der Waals surface area contributed by atoms with Gasteiger partial charge in [0.1, 0.15) is 0 Å². The number of aromatic nitrogens is 1. The summed E-state index contributed by atoms with van der Waals surface area (Å²) in [6.45, 7) is 2.74. The Bertz CT molecular complexity index is 423. The lowest BCUT2D eigenvalue weighted by Crippen LogP contribution is -2.21. The highest BCUT2D eigenvalue weighted by atomic mass is 16.3. The van der Waals surface area contributed by atoms with E-state index in [1.54, 1.807) is 7.05 Å². The first-order valence-electron chi connectivity index (χ1n) is 6.21. The van der Waals surface area contributed by atoms with E-state index in [4.69, 9.17) is 0 Å². The second-order valence-electron chi connectivity index (χ2n) is 4.67. The molecule has 2 N–H and O–H groups in total. The molecule has 0 aliphatic heterocycles. The van der Waals surface area contributed by atoms with Crippen LogP contribution in [0, 0.1) is 6.92 Å². The third-order valence-electron chi connectivity index (χ3n) is 3.54. The van der Waals surface area contributed by atoms with Gasteiger partial charge in [-0.05, 0) is 32.3 Å².